The lowest BCUT2D eigenvalue weighted by molar-refractivity contribution is 0.00967. The van der Waals surface area contributed by atoms with Crippen molar-refractivity contribution in [2.45, 2.75) is 25.4 Å². The molecule has 0 aliphatic carbocycles. The van der Waals surface area contributed by atoms with E-state index in [1.165, 1.54) is 0 Å². The maximum absolute atomic E-state index is 6.14. The number of aromatic nitrogens is 2. The molecule has 16 heavy (non-hydrogen) atoms. The molecule has 0 amide bonds. The molecule has 84 valence electrons. The van der Waals surface area contributed by atoms with Crippen LogP contribution in [-0.2, 0) is 10.3 Å². The van der Waals surface area contributed by atoms with Crippen LogP contribution in [0.1, 0.15) is 25.6 Å². The molecule has 1 fully saturated rings. The Morgan fingerprint density at radius 2 is 2.38 bits per heavy atom. The average molecular weight is 255 g/mol. The molecule has 3 nitrogen and oxygen atoms in total. The Hall–Kier alpha value is -0.710. The Morgan fingerprint density at radius 3 is 3.12 bits per heavy atom. The normalized spacial score (nSPS) is 25.4. The van der Waals surface area contributed by atoms with E-state index in [0.717, 1.165) is 29.7 Å². The summed E-state index contributed by atoms with van der Waals surface area (Å²) in [5.74, 6) is 0.713. The van der Waals surface area contributed by atoms with Crippen LogP contribution < -0.4 is 0 Å². The second-order valence-electron chi connectivity index (χ2n) is 4.16. The van der Waals surface area contributed by atoms with Gasteiger partial charge in [-0.2, -0.15) is 0 Å². The third-order valence-corrected chi connectivity index (χ3v) is 4.07. The minimum atomic E-state index is -0.359. The summed E-state index contributed by atoms with van der Waals surface area (Å²) in [6.45, 7) is 2.81. The van der Waals surface area contributed by atoms with E-state index in [4.69, 9.17) is 16.3 Å². The number of thiophene rings is 1. The highest BCUT2D eigenvalue weighted by atomic mass is 35.5. The van der Waals surface area contributed by atoms with Gasteiger partial charge in [0.05, 0.1) is 0 Å². The van der Waals surface area contributed by atoms with Crippen LogP contribution in [0.15, 0.2) is 11.4 Å². The second-order valence-corrected chi connectivity index (χ2v) is 5.41. The molecule has 0 radical (unpaired) electrons. The van der Waals surface area contributed by atoms with Gasteiger partial charge in [-0.15, -0.1) is 11.3 Å². The van der Waals surface area contributed by atoms with Crippen molar-refractivity contribution in [3.05, 3.63) is 22.4 Å². The zero-order chi connectivity index (χ0) is 11.2. The van der Waals surface area contributed by atoms with Gasteiger partial charge < -0.3 is 4.74 Å². The third kappa shape index (κ3) is 1.52. The zero-order valence-corrected chi connectivity index (χ0v) is 10.4. The fourth-order valence-electron chi connectivity index (χ4n) is 2.01. The minimum Gasteiger partial charge on any atom is -0.367 e. The predicted octanol–water partition coefficient (Wildman–Crippen LogP) is 3.37. The van der Waals surface area contributed by atoms with Crippen molar-refractivity contribution >= 4 is 33.2 Å². The summed E-state index contributed by atoms with van der Waals surface area (Å²) in [6.07, 6.45) is 2.01. The van der Waals surface area contributed by atoms with E-state index in [1.807, 2.05) is 18.4 Å². The third-order valence-electron chi connectivity index (χ3n) is 2.97. The van der Waals surface area contributed by atoms with Gasteiger partial charge in [0.25, 0.3) is 0 Å². The highest BCUT2D eigenvalue weighted by molar-refractivity contribution is 7.16. The predicted molar refractivity (Wildman–Crippen MR) is 65.0 cm³/mol. The number of fused-ring (bicyclic) bond motifs is 1. The topological polar surface area (TPSA) is 35.0 Å². The van der Waals surface area contributed by atoms with Crippen LogP contribution in [0.3, 0.4) is 0 Å². The Balaban J connectivity index is 2.16. The fraction of sp³-hybridized carbons (Fsp3) is 0.455. The first-order chi connectivity index (χ1) is 7.69. The van der Waals surface area contributed by atoms with E-state index in [2.05, 4.69) is 9.97 Å². The van der Waals surface area contributed by atoms with Crippen LogP contribution in [0.4, 0.5) is 0 Å². The molecule has 0 saturated carbocycles. The lowest BCUT2D eigenvalue weighted by Crippen LogP contribution is -2.23. The summed E-state index contributed by atoms with van der Waals surface area (Å²) < 4.78 is 5.73. The lowest BCUT2D eigenvalue weighted by atomic mass is 10.0. The standard InChI is InChI=1S/C11H11ClN2OS/c1-11(4-2-5-15-11)10-13-8(12)7-3-6-16-9(7)14-10/h3,6H,2,4-5H2,1H3. The first kappa shape index (κ1) is 10.4. The average Bonchev–Trinajstić information content (AvgIpc) is 2.86. The van der Waals surface area contributed by atoms with Gasteiger partial charge in [-0.25, -0.2) is 9.97 Å². The molecular formula is C11H11ClN2OS. The van der Waals surface area contributed by atoms with Crippen molar-refractivity contribution < 1.29 is 4.74 Å². The molecule has 0 bridgehead atoms. The van der Waals surface area contributed by atoms with Crippen molar-refractivity contribution in [2.24, 2.45) is 0 Å². The molecule has 1 atom stereocenters. The van der Waals surface area contributed by atoms with Crippen LogP contribution in [-0.4, -0.2) is 16.6 Å². The fourth-order valence-corrected chi connectivity index (χ4v) is 3.06. The Labute approximate surface area is 102 Å². The minimum absolute atomic E-state index is 0.359. The van der Waals surface area contributed by atoms with Gasteiger partial charge in [0, 0.05) is 12.0 Å². The first-order valence-electron chi connectivity index (χ1n) is 5.24. The number of rotatable bonds is 1. The van der Waals surface area contributed by atoms with Crippen LogP contribution in [0, 0.1) is 0 Å². The van der Waals surface area contributed by atoms with E-state index >= 15 is 0 Å². The van der Waals surface area contributed by atoms with E-state index in [9.17, 15) is 0 Å². The van der Waals surface area contributed by atoms with E-state index < -0.39 is 0 Å². The summed E-state index contributed by atoms with van der Waals surface area (Å²) in [6, 6.07) is 1.95. The highest BCUT2D eigenvalue weighted by Crippen LogP contribution is 2.36. The number of nitrogens with zero attached hydrogens (tertiary/aromatic N) is 2. The van der Waals surface area contributed by atoms with Crippen molar-refractivity contribution in [2.75, 3.05) is 6.61 Å². The molecule has 5 heteroatoms. The molecule has 1 unspecified atom stereocenters. The quantitative estimate of drug-likeness (QED) is 0.732. The molecule has 0 aromatic carbocycles. The van der Waals surface area contributed by atoms with Crippen LogP contribution in [0.5, 0.6) is 0 Å². The van der Waals surface area contributed by atoms with E-state index in [-0.39, 0.29) is 5.60 Å². The maximum atomic E-state index is 6.14. The molecule has 3 rings (SSSR count). The highest BCUT2D eigenvalue weighted by Gasteiger charge is 2.35. The van der Waals surface area contributed by atoms with Gasteiger partial charge in [-0.1, -0.05) is 11.6 Å². The van der Waals surface area contributed by atoms with Crippen LogP contribution in [0.2, 0.25) is 5.15 Å². The second kappa shape index (κ2) is 3.65. The molecule has 2 aromatic rings. The van der Waals surface area contributed by atoms with Crippen molar-refractivity contribution in [1.82, 2.24) is 9.97 Å². The molecule has 2 aromatic heterocycles. The van der Waals surface area contributed by atoms with Gasteiger partial charge in [-0.05, 0) is 31.2 Å². The molecule has 1 aliphatic rings. The van der Waals surface area contributed by atoms with Crippen molar-refractivity contribution in [3.8, 4) is 0 Å². The van der Waals surface area contributed by atoms with Gasteiger partial charge in [0.2, 0.25) is 0 Å². The summed E-state index contributed by atoms with van der Waals surface area (Å²) in [5, 5.41) is 3.43. The Morgan fingerprint density at radius 1 is 1.50 bits per heavy atom. The maximum Gasteiger partial charge on any atom is 0.163 e. The zero-order valence-electron chi connectivity index (χ0n) is 8.86. The molecule has 0 spiro atoms. The van der Waals surface area contributed by atoms with E-state index in [1.54, 1.807) is 11.3 Å². The largest absolute Gasteiger partial charge is 0.367 e. The summed E-state index contributed by atoms with van der Waals surface area (Å²) in [7, 11) is 0. The number of halogens is 1. The van der Waals surface area contributed by atoms with Gasteiger partial charge >= 0.3 is 0 Å². The van der Waals surface area contributed by atoms with E-state index in [0.29, 0.717) is 11.0 Å². The summed E-state index contributed by atoms with van der Waals surface area (Å²) in [4.78, 5) is 9.85. The SMILES string of the molecule is CC1(c2nc(Cl)c3ccsc3n2)CCCO1. The van der Waals surface area contributed by atoms with Crippen LogP contribution in [0.25, 0.3) is 10.2 Å². The number of ether oxygens (including phenoxy) is 1. The van der Waals surface area contributed by atoms with Gasteiger partial charge in [0.1, 0.15) is 15.6 Å². The first-order valence-corrected chi connectivity index (χ1v) is 6.50. The Bertz CT molecular complexity index is 534. The summed E-state index contributed by atoms with van der Waals surface area (Å²) in [5.41, 5.74) is -0.359. The number of hydrogen-bond acceptors (Lipinski definition) is 4. The van der Waals surface area contributed by atoms with Crippen molar-refractivity contribution in [1.29, 1.82) is 0 Å². The smallest absolute Gasteiger partial charge is 0.163 e. The molecule has 3 heterocycles. The van der Waals surface area contributed by atoms with Gasteiger partial charge in [-0.3, -0.25) is 0 Å². The Kier molecular flexibility index (Phi) is 2.38. The molecule has 0 N–H and O–H groups in total. The van der Waals surface area contributed by atoms with Crippen molar-refractivity contribution in [3.63, 3.8) is 0 Å². The monoisotopic (exact) mass is 254 g/mol. The van der Waals surface area contributed by atoms with Gasteiger partial charge in [0.15, 0.2) is 5.82 Å². The van der Waals surface area contributed by atoms with Crippen LogP contribution >= 0.6 is 22.9 Å². The summed E-state index contributed by atoms with van der Waals surface area (Å²) >= 11 is 7.73. The molecule has 1 aliphatic heterocycles. The number of hydrogen-bond donors (Lipinski definition) is 0. The molecule has 1 saturated heterocycles. The lowest BCUT2D eigenvalue weighted by Gasteiger charge is -2.21. The molecular weight excluding hydrogens is 244 g/mol.